The molecule has 0 bridgehead atoms. The summed E-state index contributed by atoms with van der Waals surface area (Å²) in [5, 5.41) is 13.0. The van der Waals surface area contributed by atoms with E-state index in [-0.39, 0.29) is 11.5 Å². The Balaban J connectivity index is 1.77. The summed E-state index contributed by atoms with van der Waals surface area (Å²) in [6, 6.07) is 9.07. The lowest BCUT2D eigenvalue weighted by Gasteiger charge is -2.12. The van der Waals surface area contributed by atoms with Crippen LogP contribution in [0.3, 0.4) is 0 Å². The van der Waals surface area contributed by atoms with Gasteiger partial charge in [-0.15, -0.1) is 10.2 Å². The molecule has 0 fully saturated rings. The van der Waals surface area contributed by atoms with Crippen molar-refractivity contribution >= 4 is 33.3 Å². The standard InChI is InChI=1S/C22H21N5O2S/c1-5-19-25-26-22(30-19)24-20(28)14-7-6-12(2)16(9-14)17-10-15-11-23-13(3)8-18(15)27(4)21(17)29/h6-11H,5H2,1-4H3,(H,24,26,28). The van der Waals surface area contributed by atoms with Gasteiger partial charge in [0.2, 0.25) is 5.13 Å². The third kappa shape index (κ3) is 3.61. The molecule has 0 unspecified atom stereocenters. The molecule has 0 saturated heterocycles. The number of benzene rings is 1. The molecule has 0 saturated carbocycles. The van der Waals surface area contributed by atoms with E-state index in [4.69, 9.17) is 0 Å². The highest BCUT2D eigenvalue weighted by Crippen LogP contribution is 2.26. The van der Waals surface area contributed by atoms with Crippen molar-refractivity contribution in [2.75, 3.05) is 5.32 Å². The Morgan fingerprint density at radius 1 is 1.13 bits per heavy atom. The van der Waals surface area contributed by atoms with Crippen molar-refractivity contribution in [2.45, 2.75) is 27.2 Å². The minimum Gasteiger partial charge on any atom is -0.311 e. The van der Waals surface area contributed by atoms with Crippen molar-refractivity contribution in [1.29, 1.82) is 0 Å². The van der Waals surface area contributed by atoms with E-state index in [2.05, 4.69) is 20.5 Å². The zero-order valence-corrected chi connectivity index (χ0v) is 18.0. The zero-order valence-electron chi connectivity index (χ0n) is 17.2. The Morgan fingerprint density at radius 2 is 1.93 bits per heavy atom. The van der Waals surface area contributed by atoms with Gasteiger partial charge in [0.1, 0.15) is 5.01 Å². The smallest absolute Gasteiger partial charge is 0.258 e. The van der Waals surface area contributed by atoms with Crippen molar-refractivity contribution in [3.05, 3.63) is 68.7 Å². The van der Waals surface area contributed by atoms with E-state index >= 15 is 0 Å². The van der Waals surface area contributed by atoms with Crippen molar-refractivity contribution in [3.63, 3.8) is 0 Å². The topological polar surface area (TPSA) is 89.8 Å². The first kappa shape index (κ1) is 19.9. The second-order valence-corrected chi connectivity index (χ2v) is 8.21. The van der Waals surface area contributed by atoms with Crippen LogP contribution in [0, 0.1) is 13.8 Å². The second kappa shape index (κ2) is 7.79. The molecular weight excluding hydrogens is 398 g/mol. The maximum Gasteiger partial charge on any atom is 0.258 e. The van der Waals surface area contributed by atoms with Gasteiger partial charge in [0.05, 0.1) is 5.52 Å². The molecule has 3 aromatic heterocycles. The number of hydrogen-bond acceptors (Lipinski definition) is 6. The van der Waals surface area contributed by atoms with E-state index < -0.39 is 0 Å². The fraction of sp³-hybridized carbons (Fsp3) is 0.227. The summed E-state index contributed by atoms with van der Waals surface area (Å²) in [5.74, 6) is -0.287. The van der Waals surface area contributed by atoms with Crippen LogP contribution in [-0.2, 0) is 13.5 Å². The fourth-order valence-corrected chi connectivity index (χ4v) is 4.00. The van der Waals surface area contributed by atoms with E-state index in [0.29, 0.717) is 16.3 Å². The highest BCUT2D eigenvalue weighted by Gasteiger charge is 2.15. The number of fused-ring (bicyclic) bond motifs is 1. The highest BCUT2D eigenvalue weighted by molar-refractivity contribution is 7.15. The fourth-order valence-electron chi connectivity index (χ4n) is 3.33. The normalized spacial score (nSPS) is 11.1. The van der Waals surface area contributed by atoms with Gasteiger partial charge in [-0.2, -0.15) is 0 Å². The number of pyridine rings is 2. The SMILES string of the molecule is CCc1nnc(NC(=O)c2ccc(C)c(-c3cc4cnc(C)cc4n(C)c3=O)c2)s1. The average Bonchev–Trinajstić information content (AvgIpc) is 3.19. The lowest BCUT2D eigenvalue weighted by Crippen LogP contribution is -2.20. The van der Waals surface area contributed by atoms with Gasteiger partial charge in [0, 0.05) is 35.5 Å². The van der Waals surface area contributed by atoms with Crippen LogP contribution in [-0.4, -0.2) is 25.7 Å². The number of carbonyl (C=O) groups is 1. The number of nitrogens with zero attached hydrogens (tertiary/aromatic N) is 4. The number of rotatable bonds is 4. The van der Waals surface area contributed by atoms with Crippen LogP contribution in [0.1, 0.15) is 33.5 Å². The van der Waals surface area contributed by atoms with E-state index in [1.54, 1.807) is 29.9 Å². The van der Waals surface area contributed by atoms with Crippen LogP contribution in [0.25, 0.3) is 22.0 Å². The third-order valence-electron chi connectivity index (χ3n) is 5.02. The third-order valence-corrected chi connectivity index (χ3v) is 6.01. The molecule has 0 spiro atoms. The number of aromatic nitrogens is 4. The van der Waals surface area contributed by atoms with E-state index in [1.165, 1.54) is 11.3 Å². The maximum absolute atomic E-state index is 13.1. The molecule has 3 heterocycles. The summed E-state index contributed by atoms with van der Waals surface area (Å²) in [7, 11) is 1.75. The minimum atomic E-state index is -0.287. The number of anilines is 1. The first-order valence-electron chi connectivity index (χ1n) is 9.58. The Bertz CT molecular complexity index is 1340. The summed E-state index contributed by atoms with van der Waals surface area (Å²) >= 11 is 1.35. The monoisotopic (exact) mass is 419 g/mol. The predicted molar refractivity (Wildman–Crippen MR) is 119 cm³/mol. The van der Waals surface area contributed by atoms with Crippen LogP contribution in [0.15, 0.2) is 41.3 Å². The number of aryl methyl sites for hydroxylation is 4. The Kier molecular flexibility index (Phi) is 5.17. The van der Waals surface area contributed by atoms with Gasteiger partial charge < -0.3 is 4.57 Å². The summed E-state index contributed by atoms with van der Waals surface area (Å²) in [6.07, 6.45) is 2.53. The van der Waals surface area contributed by atoms with Gasteiger partial charge in [-0.1, -0.05) is 24.3 Å². The molecular formula is C22H21N5O2S. The van der Waals surface area contributed by atoms with Crippen LogP contribution >= 0.6 is 11.3 Å². The Labute approximate surface area is 177 Å². The molecule has 30 heavy (non-hydrogen) atoms. The molecule has 1 aromatic carbocycles. The molecule has 0 atom stereocenters. The molecule has 0 aliphatic carbocycles. The van der Waals surface area contributed by atoms with Crippen LogP contribution in [0.4, 0.5) is 5.13 Å². The summed E-state index contributed by atoms with van der Waals surface area (Å²) in [5.41, 5.74) is 4.17. The highest BCUT2D eigenvalue weighted by atomic mass is 32.1. The Morgan fingerprint density at radius 3 is 2.67 bits per heavy atom. The van der Waals surface area contributed by atoms with Gasteiger partial charge in [-0.3, -0.25) is 19.9 Å². The predicted octanol–water partition coefficient (Wildman–Crippen LogP) is 3.88. The first-order chi connectivity index (χ1) is 14.4. The van der Waals surface area contributed by atoms with Gasteiger partial charge in [0.25, 0.3) is 11.5 Å². The van der Waals surface area contributed by atoms with Crippen molar-refractivity contribution in [3.8, 4) is 11.1 Å². The minimum absolute atomic E-state index is 0.120. The first-order valence-corrected chi connectivity index (χ1v) is 10.4. The molecule has 0 aliphatic rings. The lowest BCUT2D eigenvalue weighted by atomic mass is 9.97. The molecule has 4 rings (SSSR count). The van der Waals surface area contributed by atoms with Crippen LogP contribution in [0.5, 0.6) is 0 Å². The largest absolute Gasteiger partial charge is 0.311 e. The van der Waals surface area contributed by atoms with Gasteiger partial charge in [-0.25, -0.2) is 0 Å². The number of nitrogens with one attached hydrogen (secondary N) is 1. The quantitative estimate of drug-likeness (QED) is 0.542. The van der Waals surface area contributed by atoms with Gasteiger partial charge in [0.15, 0.2) is 0 Å². The molecule has 4 aromatic rings. The molecule has 1 N–H and O–H groups in total. The van der Waals surface area contributed by atoms with E-state index in [1.807, 2.05) is 39.0 Å². The molecule has 8 heteroatoms. The van der Waals surface area contributed by atoms with Crippen molar-refractivity contribution < 1.29 is 4.79 Å². The average molecular weight is 420 g/mol. The summed E-state index contributed by atoms with van der Waals surface area (Å²) in [4.78, 5) is 30.2. The lowest BCUT2D eigenvalue weighted by molar-refractivity contribution is 0.102. The Hall–Kier alpha value is -3.39. The van der Waals surface area contributed by atoms with Crippen molar-refractivity contribution in [1.82, 2.24) is 19.7 Å². The van der Waals surface area contributed by atoms with Gasteiger partial charge >= 0.3 is 0 Å². The molecule has 0 aliphatic heterocycles. The molecule has 152 valence electrons. The summed E-state index contributed by atoms with van der Waals surface area (Å²) < 4.78 is 1.62. The number of carbonyl (C=O) groups excluding carboxylic acids is 1. The van der Waals surface area contributed by atoms with Crippen molar-refractivity contribution in [2.24, 2.45) is 7.05 Å². The maximum atomic E-state index is 13.1. The molecule has 0 radical (unpaired) electrons. The van der Waals surface area contributed by atoms with Crippen LogP contribution < -0.4 is 10.9 Å². The number of hydrogen-bond donors (Lipinski definition) is 1. The molecule has 1 amide bonds. The van der Waals surface area contributed by atoms with Gasteiger partial charge in [-0.05, 0) is 55.7 Å². The zero-order chi connectivity index (χ0) is 21.4. The van der Waals surface area contributed by atoms with E-state index in [0.717, 1.165) is 39.2 Å². The summed E-state index contributed by atoms with van der Waals surface area (Å²) in [6.45, 7) is 5.80. The van der Waals surface area contributed by atoms with E-state index in [9.17, 15) is 9.59 Å². The number of amides is 1. The van der Waals surface area contributed by atoms with Crippen LogP contribution in [0.2, 0.25) is 0 Å². The molecule has 7 nitrogen and oxygen atoms in total. The second-order valence-electron chi connectivity index (χ2n) is 7.15.